The van der Waals surface area contributed by atoms with Gasteiger partial charge in [0, 0.05) is 29.4 Å². The summed E-state index contributed by atoms with van der Waals surface area (Å²) >= 11 is 0. The molecule has 0 fully saturated rings. The number of H-pyrrole nitrogens is 2. The Morgan fingerprint density at radius 2 is 2.04 bits per heavy atom. The van der Waals surface area contributed by atoms with Gasteiger partial charge in [-0.25, -0.2) is 9.37 Å². The molecule has 142 valence electrons. The number of amides is 1. The molecule has 0 saturated carbocycles. The molecule has 9 nitrogen and oxygen atoms in total. The molecule has 3 N–H and O–H groups in total. The summed E-state index contributed by atoms with van der Waals surface area (Å²) in [5, 5.41) is 12.4. The predicted octanol–water partition coefficient (Wildman–Crippen LogP) is 1.11. The lowest BCUT2D eigenvalue weighted by Gasteiger charge is -2.05. The summed E-state index contributed by atoms with van der Waals surface area (Å²) in [4.78, 5) is 32.5. The highest BCUT2D eigenvalue weighted by Gasteiger charge is 2.13. The monoisotopic (exact) mass is 381 g/mol. The normalized spacial score (nSPS) is 11.1. The van der Waals surface area contributed by atoms with Crippen LogP contribution in [-0.4, -0.2) is 35.7 Å². The van der Waals surface area contributed by atoms with Gasteiger partial charge in [-0.3, -0.25) is 19.8 Å². The molecule has 0 bridgehead atoms. The number of nitrogens with one attached hydrogen (secondary N) is 3. The van der Waals surface area contributed by atoms with Crippen molar-refractivity contribution in [1.29, 1.82) is 0 Å². The number of rotatable bonds is 5. The van der Waals surface area contributed by atoms with Crippen LogP contribution in [0.4, 0.5) is 4.39 Å². The van der Waals surface area contributed by atoms with E-state index in [9.17, 15) is 14.0 Å². The van der Waals surface area contributed by atoms with E-state index < -0.39 is 0 Å². The van der Waals surface area contributed by atoms with Crippen LogP contribution in [0.5, 0.6) is 0 Å². The SMILES string of the molecule is Cc1cc(=O)n2[nH]c(CC(=O)NCc3cn[nH]c3-c3ccc(F)cc3)nc2n1. The molecule has 3 aromatic heterocycles. The molecule has 0 aliphatic carbocycles. The van der Waals surface area contributed by atoms with Crippen molar-refractivity contribution in [3.63, 3.8) is 0 Å². The van der Waals surface area contributed by atoms with Gasteiger partial charge >= 0.3 is 0 Å². The minimum Gasteiger partial charge on any atom is -0.351 e. The Bertz CT molecular complexity index is 1210. The zero-order valence-corrected chi connectivity index (χ0v) is 14.9. The van der Waals surface area contributed by atoms with Gasteiger partial charge in [-0.05, 0) is 31.2 Å². The average molecular weight is 381 g/mol. The standard InChI is InChI=1S/C18H16FN7O2/c1-10-6-16(28)26-18(22-10)23-14(25-26)7-15(27)20-8-12-9-21-24-17(12)11-2-4-13(19)5-3-11/h2-6,9H,7-8H2,1H3,(H,20,27)(H,21,24)(H,22,23,25). The first-order valence-corrected chi connectivity index (χ1v) is 8.50. The largest absolute Gasteiger partial charge is 0.351 e. The second-order valence-electron chi connectivity index (χ2n) is 6.27. The van der Waals surface area contributed by atoms with Crippen LogP contribution < -0.4 is 10.9 Å². The predicted molar refractivity (Wildman–Crippen MR) is 97.9 cm³/mol. The van der Waals surface area contributed by atoms with Crippen LogP contribution in [0.3, 0.4) is 0 Å². The maximum absolute atomic E-state index is 13.1. The van der Waals surface area contributed by atoms with Crippen molar-refractivity contribution in [3.05, 3.63) is 69.8 Å². The Morgan fingerprint density at radius 3 is 2.82 bits per heavy atom. The molecule has 0 aliphatic heterocycles. The van der Waals surface area contributed by atoms with E-state index in [1.807, 2.05) is 0 Å². The minimum atomic E-state index is -0.326. The van der Waals surface area contributed by atoms with Gasteiger partial charge in [0.1, 0.15) is 11.6 Å². The third-order valence-electron chi connectivity index (χ3n) is 4.16. The lowest BCUT2D eigenvalue weighted by molar-refractivity contribution is -0.120. The van der Waals surface area contributed by atoms with Crippen molar-refractivity contribution >= 4 is 11.7 Å². The summed E-state index contributed by atoms with van der Waals surface area (Å²) < 4.78 is 14.3. The molecule has 4 rings (SSSR count). The first kappa shape index (κ1) is 17.6. The number of halogens is 1. The van der Waals surface area contributed by atoms with E-state index in [0.29, 0.717) is 17.2 Å². The van der Waals surface area contributed by atoms with E-state index >= 15 is 0 Å². The fourth-order valence-corrected chi connectivity index (χ4v) is 2.84. The number of aromatic amines is 2. The van der Waals surface area contributed by atoms with Crippen LogP contribution in [0, 0.1) is 12.7 Å². The second-order valence-corrected chi connectivity index (χ2v) is 6.27. The van der Waals surface area contributed by atoms with Gasteiger partial charge in [-0.15, -0.1) is 0 Å². The molecule has 1 amide bonds. The van der Waals surface area contributed by atoms with E-state index in [4.69, 9.17) is 0 Å². The van der Waals surface area contributed by atoms with Crippen molar-refractivity contribution in [3.8, 4) is 11.3 Å². The average Bonchev–Trinajstić information content (AvgIpc) is 3.27. The maximum Gasteiger partial charge on any atom is 0.274 e. The van der Waals surface area contributed by atoms with E-state index in [2.05, 4.69) is 30.6 Å². The Labute approximate surface area is 157 Å². The van der Waals surface area contributed by atoms with Gasteiger partial charge in [0.15, 0.2) is 0 Å². The van der Waals surface area contributed by atoms with Gasteiger partial charge in [-0.1, -0.05) is 0 Å². The molecular weight excluding hydrogens is 365 g/mol. The number of fused-ring (bicyclic) bond motifs is 1. The fourth-order valence-electron chi connectivity index (χ4n) is 2.84. The summed E-state index contributed by atoms with van der Waals surface area (Å²) in [5.41, 5.74) is 2.50. The topological polar surface area (TPSA) is 121 Å². The van der Waals surface area contributed by atoms with Gasteiger partial charge in [0.2, 0.25) is 5.91 Å². The third kappa shape index (κ3) is 3.52. The number of carbonyl (C=O) groups excluding carboxylic acids is 1. The van der Waals surface area contributed by atoms with E-state index in [-0.39, 0.29) is 36.0 Å². The molecule has 0 saturated heterocycles. The van der Waals surface area contributed by atoms with Gasteiger partial charge < -0.3 is 5.32 Å². The molecular formula is C18H16FN7O2. The highest BCUT2D eigenvalue weighted by Crippen LogP contribution is 2.21. The highest BCUT2D eigenvalue weighted by atomic mass is 19.1. The van der Waals surface area contributed by atoms with Crippen molar-refractivity contribution in [1.82, 2.24) is 35.1 Å². The van der Waals surface area contributed by atoms with E-state index in [1.54, 1.807) is 25.3 Å². The summed E-state index contributed by atoms with van der Waals surface area (Å²) in [7, 11) is 0. The number of aromatic nitrogens is 6. The number of nitrogens with zero attached hydrogens (tertiary/aromatic N) is 4. The molecule has 28 heavy (non-hydrogen) atoms. The Hall–Kier alpha value is -3.82. The molecule has 1 aromatic carbocycles. The first-order chi connectivity index (χ1) is 13.5. The lowest BCUT2D eigenvalue weighted by atomic mass is 10.1. The summed E-state index contributed by atoms with van der Waals surface area (Å²) in [6, 6.07) is 7.37. The van der Waals surface area contributed by atoms with Crippen LogP contribution in [0.15, 0.2) is 41.3 Å². The number of hydrogen-bond donors (Lipinski definition) is 3. The number of carbonyl (C=O) groups is 1. The van der Waals surface area contributed by atoms with Gasteiger partial charge in [-0.2, -0.15) is 14.6 Å². The summed E-state index contributed by atoms with van der Waals surface area (Å²) in [6.45, 7) is 1.94. The summed E-state index contributed by atoms with van der Waals surface area (Å²) in [6.07, 6.45) is 1.57. The molecule has 10 heteroatoms. The Balaban J connectivity index is 1.44. The van der Waals surface area contributed by atoms with Crippen LogP contribution in [-0.2, 0) is 17.8 Å². The minimum absolute atomic E-state index is 0.0361. The van der Waals surface area contributed by atoms with Crippen molar-refractivity contribution in [2.75, 3.05) is 0 Å². The van der Waals surface area contributed by atoms with Gasteiger partial charge in [0.05, 0.1) is 18.3 Å². The van der Waals surface area contributed by atoms with E-state index in [0.717, 1.165) is 11.1 Å². The van der Waals surface area contributed by atoms with Crippen LogP contribution in [0.1, 0.15) is 17.1 Å². The van der Waals surface area contributed by atoms with Crippen molar-refractivity contribution in [2.24, 2.45) is 0 Å². The van der Waals surface area contributed by atoms with Gasteiger partial charge in [0.25, 0.3) is 11.3 Å². The summed E-state index contributed by atoms with van der Waals surface area (Å²) in [5.74, 6) is -0.0530. The number of benzene rings is 1. The fraction of sp³-hybridized carbons (Fsp3) is 0.167. The molecule has 0 radical (unpaired) electrons. The first-order valence-electron chi connectivity index (χ1n) is 8.50. The second kappa shape index (κ2) is 7.06. The van der Waals surface area contributed by atoms with Crippen LogP contribution in [0.2, 0.25) is 0 Å². The Kier molecular flexibility index (Phi) is 4.44. The van der Waals surface area contributed by atoms with Crippen LogP contribution in [0.25, 0.3) is 17.0 Å². The van der Waals surface area contributed by atoms with Crippen molar-refractivity contribution in [2.45, 2.75) is 19.9 Å². The molecule has 4 aromatic rings. The smallest absolute Gasteiger partial charge is 0.274 e. The molecule has 0 spiro atoms. The quantitative estimate of drug-likeness (QED) is 0.478. The maximum atomic E-state index is 13.1. The van der Waals surface area contributed by atoms with E-state index in [1.165, 1.54) is 22.7 Å². The number of aryl methyl sites for hydroxylation is 1. The number of hydrogen-bond acceptors (Lipinski definition) is 5. The molecule has 0 aliphatic rings. The molecule has 0 atom stereocenters. The highest BCUT2D eigenvalue weighted by molar-refractivity contribution is 5.78. The molecule has 3 heterocycles. The zero-order valence-electron chi connectivity index (χ0n) is 14.9. The van der Waals surface area contributed by atoms with Crippen LogP contribution >= 0.6 is 0 Å². The molecule has 0 unspecified atom stereocenters. The zero-order chi connectivity index (χ0) is 19.7. The Morgan fingerprint density at radius 1 is 1.25 bits per heavy atom. The third-order valence-corrected chi connectivity index (χ3v) is 4.16. The lowest BCUT2D eigenvalue weighted by Crippen LogP contribution is -2.25. The van der Waals surface area contributed by atoms with Crippen molar-refractivity contribution < 1.29 is 9.18 Å².